The van der Waals surface area contributed by atoms with Gasteiger partial charge in [-0.1, -0.05) is 11.6 Å². The van der Waals surface area contributed by atoms with E-state index in [4.69, 9.17) is 25.6 Å². The number of rotatable bonds is 12. The van der Waals surface area contributed by atoms with Crippen molar-refractivity contribution in [1.29, 1.82) is 0 Å². The van der Waals surface area contributed by atoms with Crippen LogP contribution < -0.4 is 30.3 Å². The van der Waals surface area contributed by atoms with E-state index in [1.165, 1.54) is 38.4 Å². The Labute approximate surface area is 246 Å². The number of fused-ring (bicyclic) bond motifs is 1. The van der Waals surface area contributed by atoms with Gasteiger partial charge in [-0.25, -0.2) is 14.4 Å². The highest BCUT2D eigenvalue weighted by molar-refractivity contribution is 7.55. The fraction of sp³-hybridized carbons (Fsp3) is 0.333. The number of hydrogen-bond donors (Lipinski definition) is 5. The van der Waals surface area contributed by atoms with Crippen LogP contribution in [0.3, 0.4) is 0 Å². The Morgan fingerprint density at radius 2 is 1.83 bits per heavy atom. The van der Waals surface area contributed by atoms with Gasteiger partial charge in [0.1, 0.15) is 23.3 Å². The SMILES string of the molecule is COc1cc2nccc(Oc3ccc(NC(=O)NC4CC4)c(Cl)c3)c2cc1C(=O)NP(=O)(N[C@@H](C)C(=O)O)OC(C)C. The fourth-order valence-corrected chi connectivity index (χ4v) is 5.83. The van der Waals surface area contributed by atoms with Crippen LogP contribution in [0.25, 0.3) is 10.9 Å². The smallest absolute Gasteiger partial charge is 0.369 e. The summed E-state index contributed by atoms with van der Waals surface area (Å²) in [6.45, 7) is 4.46. The van der Waals surface area contributed by atoms with Gasteiger partial charge in [0.2, 0.25) is 0 Å². The molecule has 3 aromatic rings. The normalized spacial score (nSPS) is 15.0. The van der Waals surface area contributed by atoms with Crippen molar-refractivity contribution in [2.75, 3.05) is 12.4 Å². The van der Waals surface area contributed by atoms with Crippen LogP contribution in [0.4, 0.5) is 10.5 Å². The molecule has 0 bridgehead atoms. The Hall–Kier alpha value is -3.90. The molecule has 0 saturated heterocycles. The molecule has 1 fully saturated rings. The van der Waals surface area contributed by atoms with E-state index >= 15 is 0 Å². The van der Waals surface area contributed by atoms with Crippen molar-refractivity contribution in [3.63, 3.8) is 0 Å². The van der Waals surface area contributed by atoms with Crippen molar-refractivity contribution in [3.05, 3.63) is 53.2 Å². The average Bonchev–Trinajstić information content (AvgIpc) is 3.72. The van der Waals surface area contributed by atoms with Crippen LogP contribution in [0, 0.1) is 0 Å². The highest BCUT2D eigenvalue weighted by Gasteiger charge is 2.33. The Kier molecular flexibility index (Phi) is 9.57. The van der Waals surface area contributed by atoms with E-state index in [0.717, 1.165) is 12.8 Å². The topological polar surface area (TPSA) is 177 Å². The summed E-state index contributed by atoms with van der Waals surface area (Å²) < 4.78 is 30.3. The lowest BCUT2D eigenvalue weighted by atomic mass is 10.1. The minimum absolute atomic E-state index is 0.0283. The summed E-state index contributed by atoms with van der Waals surface area (Å²) >= 11 is 6.38. The summed E-state index contributed by atoms with van der Waals surface area (Å²) in [6, 6.07) is 7.88. The first-order valence-electron chi connectivity index (χ1n) is 13.0. The van der Waals surface area contributed by atoms with Gasteiger partial charge >= 0.3 is 19.7 Å². The first kappa shape index (κ1) is 31.0. The zero-order valence-electron chi connectivity index (χ0n) is 23.3. The van der Waals surface area contributed by atoms with Crippen LogP contribution in [-0.2, 0) is 13.9 Å². The van der Waals surface area contributed by atoms with Gasteiger partial charge in [-0.2, -0.15) is 0 Å². The van der Waals surface area contributed by atoms with Gasteiger partial charge in [0.15, 0.2) is 0 Å². The molecular formula is C27H31ClN5O8P. The number of aliphatic carboxylic acids is 1. The lowest BCUT2D eigenvalue weighted by Crippen LogP contribution is -2.38. The van der Waals surface area contributed by atoms with Crippen LogP contribution in [0.1, 0.15) is 44.0 Å². The third-order valence-corrected chi connectivity index (χ3v) is 8.19. The van der Waals surface area contributed by atoms with Crippen molar-refractivity contribution in [2.24, 2.45) is 0 Å². The summed E-state index contributed by atoms with van der Waals surface area (Å²) in [4.78, 5) is 41.1. The van der Waals surface area contributed by atoms with Crippen molar-refractivity contribution in [2.45, 2.75) is 51.8 Å². The molecular weight excluding hydrogens is 589 g/mol. The number of halogens is 1. The lowest BCUT2D eigenvalue weighted by Gasteiger charge is -2.24. The number of methoxy groups -OCH3 is 1. The summed E-state index contributed by atoms with van der Waals surface area (Å²) in [5.41, 5.74) is 0.810. The molecule has 0 spiro atoms. The molecule has 4 rings (SSSR count). The van der Waals surface area contributed by atoms with Crippen molar-refractivity contribution in [3.8, 4) is 17.2 Å². The summed E-state index contributed by atoms with van der Waals surface area (Å²) in [7, 11) is -2.81. The van der Waals surface area contributed by atoms with E-state index < -0.39 is 31.7 Å². The molecule has 0 radical (unpaired) electrons. The van der Waals surface area contributed by atoms with Crippen molar-refractivity contribution < 1.29 is 38.1 Å². The third kappa shape index (κ3) is 7.89. The number of carboxylic acid groups (broad SMARTS) is 1. The van der Waals surface area contributed by atoms with Gasteiger partial charge in [0.25, 0.3) is 5.91 Å². The quantitative estimate of drug-likeness (QED) is 0.167. The molecule has 1 aliphatic carbocycles. The van der Waals surface area contributed by atoms with Gasteiger partial charge in [0.05, 0.1) is 35.0 Å². The number of carboxylic acids is 1. The Morgan fingerprint density at radius 1 is 1.10 bits per heavy atom. The zero-order chi connectivity index (χ0) is 30.6. The van der Waals surface area contributed by atoms with E-state index in [1.807, 2.05) is 0 Å². The molecule has 1 aliphatic rings. The van der Waals surface area contributed by atoms with Gasteiger partial charge in [0, 0.05) is 29.8 Å². The van der Waals surface area contributed by atoms with Crippen LogP contribution in [0.2, 0.25) is 5.02 Å². The highest BCUT2D eigenvalue weighted by Crippen LogP contribution is 2.41. The highest BCUT2D eigenvalue weighted by atomic mass is 35.5. The summed E-state index contributed by atoms with van der Waals surface area (Å²) in [5, 5.41) is 20.1. The van der Waals surface area contributed by atoms with Crippen molar-refractivity contribution >= 4 is 53.8 Å². The maximum Gasteiger partial charge on any atom is 0.369 e. The molecule has 3 amide bonds. The molecule has 1 aromatic heterocycles. The molecule has 15 heteroatoms. The number of hydrogen-bond acceptors (Lipinski definition) is 8. The number of benzene rings is 2. The number of amides is 3. The number of pyridine rings is 1. The largest absolute Gasteiger partial charge is 0.496 e. The second-order valence-corrected chi connectivity index (χ2v) is 12.0. The van der Waals surface area contributed by atoms with E-state index in [1.54, 1.807) is 32.0 Å². The second kappa shape index (κ2) is 13.0. The van der Waals surface area contributed by atoms with Crippen LogP contribution in [0.5, 0.6) is 17.2 Å². The van der Waals surface area contributed by atoms with E-state index in [-0.39, 0.29) is 28.4 Å². The lowest BCUT2D eigenvalue weighted by molar-refractivity contribution is -0.138. The van der Waals surface area contributed by atoms with Crippen LogP contribution in [0.15, 0.2) is 42.6 Å². The van der Waals surface area contributed by atoms with Crippen molar-refractivity contribution in [1.82, 2.24) is 20.5 Å². The number of urea groups is 1. The number of carbonyl (C=O) groups is 3. The van der Waals surface area contributed by atoms with Gasteiger partial charge in [-0.3, -0.25) is 24.2 Å². The fourth-order valence-electron chi connectivity index (χ4n) is 3.83. The second-order valence-electron chi connectivity index (χ2n) is 9.83. The van der Waals surface area contributed by atoms with E-state index in [2.05, 4.69) is 25.8 Å². The minimum Gasteiger partial charge on any atom is -0.496 e. The summed E-state index contributed by atoms with van der Waals surface area (Å²) in [6.07, 6.45) is 2.82. The van der Waals surface area contributed by atoms with Gasteiger partial charge in [-0.15, -0.1) is 0 Å². The molecule has 2 atom stereocenters. The predicted molar refractivity (Wildman–Crippen MR) is 157 cm³/mol. The molecule has 5 N–H and O–H groups in total. The molecule has 1 unspecified atom stereocenters. The molecule has 42 heavy (non-hydrogen) atoms. The molecule has 0 aliphatic heterocycles. The van der Waals surface area contributed by atoms with Crippen LogP contribution in [-0.4, -0.2) is 53.3 Å². The maximum atomic E-state index is 13.4. The number of nitrogens with zero attached hydrogens (tertiary/aromatic N) is 1. The monoisotopic (exact) mass is 619 g/mol. The maximum absolute atomic E-state index is 13.4. The Balaban J connectivity index is 1.61. The minimum atomic E-state index is -4.17. The molecule has 224 valence electrons. The number of aromatic nitrogens is 1. The van der Waals surface area contributed by atoms with E-state index in [0.29, 0.717) is 28.1 Å². The summed E-state index contributed by atoms with van der Waals surface area (Å²) in [5.74, 6) is -1.34. The third-order valence-electron chi connectivity index (χ3n) is 5.94. The number of nitrogens with one attached hydrogen (secondary N) is 4. The molecule has 13 nitrogen and oxygen atoms in total. The first-order valence-corrected chi connectivity index (χ1v) is 15.0. The van der Waals surface area contributed by atoms with Gasteiger partial charge in [-0.05, 0) is 57.9 Å². The zero-order valence-corrected chi connectivity index (χ0v) is 24.9. The Bertz CT molecular complexity index is 1570. The Morgan fingerprint density at radius 3 is 2.45 bits per heavy atom. The standard InChI is InChI=1S/C27H31ClN5O8P/c1-14(2)41-42(38,32-15(3)26(35)36)33-25(34)19-12-18-22(13-24(19)39-4)29-10-9-23(18)40-17-7-8-21(20(28)11-17)31-27(37)30-16-5-6-16/h7-16H,5-6H2,1-4H3,(H,35,36)(H2,30,31,37)(H2,32,33,34,38)/t15-,42?/m0/s1. The molecule has 1 heterocycles. The van der Waals surface area contributed by atoms with Gasteiger partial charge < -0.3 is 25.2 Å². The van der Waals surface area contributed by atoms with E-state index in [9.17, 15) is 24.1 Å². The number of anilines is 1. The average molecular weight is 620 g/mol. The molecule has 2 aromatic carbocycles. The molecule has 1 saturated carbocycles. The van der Waals surface area contributed by atoms with Crippen LogP contribution >= 0.6 is 19.3 Å². The predicted octanol–water partition coefficient (Wildman–Crippen LogP) is 5.30. The number of ether oxygens (including phenoxy) is 2. The number of carbonyl (C=O) groups excluding carboxylic acids is 2. The first-order chi connectivity index (χ1) is 19.9.